The van der Waals surface area contributed by atoms with E-state index in [0.29, 0.717) is 15.9 Å². The van der Waals surface area contributed by atoms with Crippen molar-refractivity contribution in [1.29, 1.82) is 5.26 Å². The van der Waals surface area contributed by atoms with Gasteiger partial charge in [-0.15, -0.1) is 0 Å². The summed E-state index contributed by atoms with van der Waals surface area (Å²) in [6, 6.07) is 8.35. The smallest absolute Gasteiger partial charge is 0.320 e. The molecule has 0 aliphatic carbocycles. The van der Waals surface area contributed by atoms with Gasteiger partial charge in [0.05, 0.1) is 21.8 Å². The summed E-state index contributed by atoms with van der Waals surface area (Å²) in [5.41, 5.74) is 1.16. The Labute approximate surface area is 130 Å². The predicted molar refractivity (Wildman–Crippen MR) is 81.5 cm³/mol. The van der Waals surface area contributed by atoms with E-state index in [0.717, 1.165) is 5.69 Å². The Kier molecular flexibility index (Phi) is 4.85. The lowest BCUT2D eigenvalue weighted by molar-refractivity contribution is 0.249. The molecule has 0 saturated carbocycles. The third-order valence-corrected chi connectivity index (χ3v) is 3.33. The third kappa shape index (κ3) is 4.00. The van der Waals surface area contributed by atoms with E-state index in [4.69, 9.17) is 5.26 Å². The van der Waals surface area contributed by atoms with Crippen molar-refractivity contribution in [1.82, 2.24) is 15.3 Å². The largest absolute Gasteiger partial charge is 0.330 e. The molecule has 0 aromatic carbocycles. The molecular formula is C14H12BrN5O. The van der Waals surface area contributed by atoms with E-state index in [1.54, 1.807) is 6.20 Å². The minimum atomic E-state index is -0.410. The Morgan fingerprint density at radius 2 is 2.24 bits per heavy atom. The summed E-state index contributed by atoms with van der Waals surface area (Å²) in [6.45, 7) is 1.83. The standard InChI is InChI=1S/C14H12BrN5O/c1-9(12-4-2-3-5-17-12)19-14(21)20-13-6-10(7-16)11(15)8-18-13/h2-6,8-9H,1H3,(H2,18,19,20,21)/t9-/m0/s1. The van der Waals surface area contributed by atoms with Crippen molar-refractivity contribution in [2.75, 3.05) is 5.32 Å². The maximum Gasteiger partial charge on any atom is 0.320 e. The van der Waals surface area contributed by atoms with Gasteiger partial charge < -0.3 is 5.32 Å². The molecule has 0 spiro atoms. The van der Waals surface area contributed by atoms with E-state index in [-0.39, 0.29) is 6.04 Å². The number of rotatable bonds is 3. The molecule has 2 aromatic rings. The molecule has 7 heteroatoms. The minimum absolute atomic E-state index is 0.239. The normalized spacial score (nSPS) is 11.3. The molecule has 0 aliphatic rings. The first-order valence-corrected chi connectivity index (χ1v) is 6.93. The number of nitrogens with zero attached hydrogens (tertiary/aromatic N) is 3. The lowest BCUT2D eigenvalue weighted by Gasteiger charge is -2.13. The van der Waals surface area contributed by atoms with Crippen LogP contribution in [-0.4, -0.2) is 16.0 Å². The summed E-state index contributed by atoms with van der Waals surface area (Å²) in [6.07, 6.45) is 3.14. The quantitative estimate of drug-likeness (QED) is 0.894. The number of hydrogen-bond acceptors (Lipinski definition) is 4. The van der Waals surface area contributed by atoms with Crippen LogP contribution in [0.1, 0.15) is 24.2 Å². The second kappa shape index (κ2) is 6.81. The van der Waals surface area contributed by atoms with Crippen LogP contribution in [0.2, 0.25) is 0 Å². The molecule has 0 saturated heterocycles. The molecule has 0 fully saturated rings. The second-order valence-electron chi connectivity index (χ2n) is 4.24. The number of nitrogens with one attached hydrogen (secondary N) is 2. The van der Waals surface area contributed by atoms with Gasteiger partial charge in [-0.25, -0.2) is 9.78 Å². The molecule has 2 amide bonds. The van der Waals surface area contributed by atoms with E-state index in [1.165, 1.54) is 12.3 Å². The molecular weight excluding hydrogens is 334 g/mol. The monoisotopic (exact) mass is 345 g/mol. The molecule has 2 aromatic heterocycles. The fourth-order valence-electron chi connectivity index (χ4n) is 1.65. The van der Waals surface area contributed by atoms with E-state index in [2.05, 4.69) is 36.5 Å². The molecule has 21 heavy (non-hydrogen) atoms. The Bertz CT molecular complexity index is 684. The summed E-state index contributed by atoms with van der Waals surface area (Å²) in [5, 5.41) is 14.3. The summed E-state index contributed by atoms with van der Waals surface area (Å²) in [5.74, 6) is 0.306. The van der Waals surface area contributed by atoms with Crippen molar-refractivity contribution >= 4 is 27.8 Å². The average molecular weight is 346 g/mol. The highest BCUT2D eigenvalue weighted by molar-refractivity contribution is 9.10. The number of hydrogen-bond donors (Lipinski definition) is 2. The number of anilines is 1. The van der Waals surface area contributed by atoms with Crippen molar-refractivity contribution in [2.45, 2.75) is 13.0 Å². The molecule has 0 radical (unpaired) electrons. The van der Waals surface area contributed by atoms with Gasteiger partial charge >= 0.3 is 6.03 Å². The van der Waals surface area contributed by atoms with Crippen molar-refractivity contribution in [2.24, 2.45) is 0 Å². The van der Waals surface area contributed by atoms with Crippen LogP contribution in [0.25, 0.3) is 0 Å². The fraction of sp³-hybridized carbons (Fsp3) is 0.143. The van der Waals surface area contributed by atoms with Crippen LogP contribution in [0.3, 0.4) is 0 Å². The van der Waals surface area contributed by atoms with Gasteiger partial charge in [0, 0.05) is 12.4 Å². The van der Waals surface area contributed by atoms with E-state index in [9.17, 15) is 4.79 Å². The summed E-state index contributed by atoms with van der Waals surface area (Å²) in [7, 11) is 0. The van der Waals surface area contributed by atoms with Gasteiger partial charge in [-0.2, -0.15) is 5.26 Å². The SMILES string of the molecule is C[C@H](NC(=O)Nc1cc(C#N)c(Br)cn1)c1ccccn1. The highest BCUT2D eigenvalue weighted by atomic mass is 79.9. The number of amides is 2. The second-order valence-corrected chi connectivity index (χ2v) is 5.09. The first-order valence-electron chi connectivity index (χ1n) is 6.14. The number of nitriles is 1. The van der Waals surface area contributed by atoms with Crippen LogP contribution in [0.5, 0.6) is 0 Å². The van der Waals surface area contributed by atoms with Gasteiger partial charge in [0.2, 0.25) is 0 Å². The number of halogens is 1. The number of carbonyl (C=O) groups is 1. The first kappa shape index (κ1) is 14.9. The molecule has 0 unspecified atom stereocenters. The van der Waals surface area contributed by atoms with Crippen molar-refractivity contribution < 1.29 is 4.79 Å². The van der Waals surface area contributed by atoms with Gasteiger partial charge in [-0.3, -0.25) is 10.3 Å². The fourth-order valence-corrected chi connectivity index (χ4v) is 1.95. The van der Waals surface area contributed by atoms with Crippen LogP contribution in [0.4, 0.5) is 10.6 Å². The minimum Gasteiger partial charge on any atom is -0.330 e. The van der Waals surface area contributed by atoms with Gasteiger partial charge in [0.25, 0.3) is 0 Å². The number of aromatic nitrogens is 2. The lowest BCUT2D eigenvalue weighted by atomic mass is 10.2. The molecule has 0 bridgehead atoms. The number of carbonyl (C=O) groups excluding carboxylic acids is 1. The molecule has 2 N–H and O–H groups in total. The Morgan fingerprint density at radius 1 is 1.43 bits per heavy atom. The molecule has 0 aliphatic heterocycles. The zero-order valence-corrected chi connectivity index (χ0v) is 12.8. The van der Waals surface area contributed by atoms with Crippen molar-refractivity contribution in [3.63, 3.8) is 0 Å². The predicted octanol–water partition coefficient (Wildman–Crippen LogP) is 2.99. The highest BCUT2D eigenvalue weighted by Gasteiger charge is 2.11. The van der Waals surface area contributed by atoms with E-state index in [1.807, 2.05) is 31.2 Å². The highest BCUT2D eigenvalue weighted by Crippen LogP contribution is 2.17. The number of pyridine rings is 2. The van der Waals surface area contributed by atoms with Gasteiger partial charge in [-0.05, 0) is 41.1 Å². The van der Waals surface area contributed by atoms with Crippen LogP contribution in [0.15, 0.2) is 41.1 Å². The van der Waals surface area contributed by atoms with Crippen LogP contribution >= 0.6 is 15.9 Å². The van der Waals surface area contributed by atoms with Gasteiger partial charge in [-0.1, -0.05) is 6.07 Å². The zero-order valence-electron chi connectivity index (χ0n) is 11.2. The summed E-state index contributed by atoms with van der Waals surface area (Å²) < 4.78 is 0.581. The molecule has 1 atom stereocenters. The van der Waals surface area contributed by atoms with Crippen molar-refractivity contribution in [3.05, 3.63) is 52.4 Å². The Balaban J connectivity index is 2.01. The maximum absolute atomic E-state index is 11.9. The van der Waals surface area contributed by atoms with E-state index < -0.39 is 6.03 Å². The molecule has 2 heterocycles. The Morgan fingerprint density at radius 3 is 2.90 bits per heavy atom. The van der Waals surface area contributed by atoms with Crippen LogP contribution < -0.4 is 10.6 Å². The van der Waals surface area contributed by atoms with Crippen LogP contribution in [-0.2, 0) is 0 Å². The molecule has 106 valence electrons. The lowest BCUT2D eigenvalue weighted by Crippen LogP contribution is -2.31. The third-order valence-electron chi connectivity index (χ3n) is 2.70. The summed E-state index contributed by atoms with van der Waals surface area (Å²) >= 11 is 3.21. The van der Waals surface area contributed by atoms with Gasteiger partial charge in [0.15, 0.2) is 0 Å². The first-order chi connectivity index (χ1) is 10.1. The molecule has 6 nitrogen and oxygen atoms in total. The maximum atomic E-state index is 11.9. The summed E-state index contributed by atoms with van der Waals surface area (Å²) in [4.78, 5) is 20.1. The van der Waals surface area contributed by atoms with E-state index >= 15 is 0 Å². The van der Waals surface area contributed by atoms with Crippen molar-refractivity contribution in [3.8, 4) is 6.07 Å². The number of urea groups is 1. The zero-order chi connectivity index (χ0) is 15.2. The van der Waals surface area contributed by atoms with Gasteiger partial charge in [0.1, 0.15) is 11.9 Å². The van der Waals surface area contributed by atoms with Crippen LogP contribution in [0, 0.1) is 11.3 Å². The average Bonchev–Trinajstić information content (AvgIpc) is 2.50. The topological polar surface area (TPSA) is 90.7 Å². The molecule has 2 rings (SSSR count). The Hall–Kier alpha value is -2.46.